The maximum atomic E-state index is 10.3. The van der Waals surface area contributed by atoms with E-state index in [9.17, 15) is 5.11 Å². The molecule has 0 bridgehead atoms. The van der Waals surface area contributed by atoms with Gasteiger partial charge in [0.15, 0.2) is 0 Å². The molecule has 0 saturated heterocycles. The average molecular weight is 340 g/mol. The predicted octanol–water partition coefficient (Wildman–Crippen LogP) is 5.09. The highest BCUT2D eigenvalue weighted by atomic mass is 35.5. The standard InChI is InChI=1S/C16H18ClNOS2/c1-16(2)7-12-15(13(19)8-16)21-14(18-12)9-20-11-5-3-10(17)4-6-11/h3-6,13,19H,7-9H2,1-2H3. The minimum absolute atomic E-state index is 0.140. The molecular weight excluding hydrogens is 322 g/mol. The zero-order chi connectivity index (χ0) is 15.0. The first-order chi connectivity index (χ1) is 9.93. The van der Waals surface area contributed by atoms with Gasteiger partial charge in [0.05, 0.1) is 22.4 Å². The number of aliphatic hydroxyl groups excluding tert-OH is 1. The molecule has 1 atom stereocenters. The summed E-state index contributed by atoms with van der Waals surface area (Å²) in [6.07, 6.45) is 1.43. The molecule has 1 aromatic carbocycles. The van der Waals surface area contributed by atoms with Crippen molar-refractivity contribution in [2.45, 2.75) is 43.4 Å². The Labute approximate surface area is 138 Å². The quantitative estimate of drug-likeness (QED) is 0.790. The number of benzene rings is 1. The molecule has 0 fully saturated rings. The fourth-order valence-corrected chi connectivity index (χ4v) is 4.77. The van der Waals surface area contributed by atoms with Gasteiger partial charge in [-0.15, -0.1) is 23.1 Å². The molecule has 1 N–H and O–H groups in total. The van der Waals surface area contributed by atoms with E-state index in [2.05, 4.69) is 13.8 Å². The van der Waals surface area contributed by atoms with Crippen molar-refractivity contribution in [3.05, 3.63) is 44.9 Å². The summed E-state index contributed by atoms with van der Waals surface area (Å²) in [6, 6.07) is 7.86. The van der Waals surface area contributed by atoms with Crippen molar-refractivity contribution < 1.29 is 5.11 Å². The van der Waals surface area contributed by atoms with Crippen molar-refractivity contribution in [3.63, 3.8) is 0 Å². The van der Waals surface area contributed by atoms with Crippen LogP contribution >= 0.6 is 34.7 Å². The summed E-state index contributed by atoms with van der Waals surface area (Å²) in [5.41, 5.74) is 1.23. The Balaban J connectivity index is 1.72. The second-order valence-corrected chi connectivity index (χ2v) is 8.82. The molecule has 0 amide bonds. The summed E-state index contributed by atoms with van der Waals surface area (Å²) >= 11 is 9.31. The number of aromatic nitrogens is 1. The number of aliphatic hydroxyl groups is 1. The predicted molar refractivity (Wildman–Crippen MR) is 90.2 cm³/mol. The fraction of sp³-hybridized carbons (Fsp3) is 0.438. The Hall–Kier alpha value is -0.550. The lowest BCUT2D eigenvalue weighted by molar-refractivity contribution is 0.102. The molecule has 5 heteroatoms. The van der Waals surface area contributed by atoms with Crippen LogP contribution in [0.1, 0.15) is 42.0 Å². The van der Waals surface area contributed by atoms with Gasteiger partial charge in [-0.05, 0) is 42.5 Å². The van der Waals surface area contributed by atoms with Crippen LogP contribution in [0.25, 0.3) is 0 Å². The van der Waals surface area contributed by atoms with Crippen molar-refractivity contribution in [1.29, 1.82) is 0 Å². The number of hydrogen-bond acceptors (Lipinski definition) is 4. The first-order valence-corrected chi connectivity index (χ1v) is 9.16. The number of nitrogens with zero attached hydrogens (tertiary/aromatic N) is 1. The molecule has 112 valence electrons. The van der Waals surface area contributed by atoms with E-state index < -0.39 is 0 Å². The van der Waals surface area contributed by atoms with Crippen LogP contribution in [0, 0.1) is 5.41 Å². The monoisotopic (exact) mass is 339 g/mol. The van der Waals surface area contributed by atoms with E-state index in [4.69, 9.17) is 16.6 Å². The van der Waals surface area contributed by atoms with Crippen molar-refractivity contribution in [1.82, 2.24) is 4.98 Å². The molecular formula is C16H18ClNOS2. The Morgan fingerprint density at radius 3 is 2.81 bits per heavy atom. The first kappa shape index (κ1) is 15.3. The van der Waals surface area contributed by atoms with Gasteiger partial charge in [-0.1, -0.05) is 25.4 Å². The highest BCUT2D eigenvalue weighted by Gasteiger charge is 2.33. The zero-order valence-corrected chi connectivity index (χ0v) is 14.5. The highest BCUT2D eigenvalue weighted by molar-refractivity contribution is 7.98. The molecule has 3 rings (SSSR count). The summed E-state index contributed by atoms with van der Waals surface area (Å²) in [7, 11) is 0. The van der Waals surface area contributed by atoms with E-state index in [1.807, 2.05) is 24.3 Å². The van der Waals surface area contributed by atoms with Crippen LogP contribution in [0.4, 0.5) is 0 Å². The zero-order valence-electron chi connectivity index (χ0n) is 12.1. The summed E-state index contributed by atoms with van der Waals surface area (Å²) in [5.74, 6) is 0.840. The van der Waals surface area contributed by atoms with Crippen molar-refractivity contribution >= 4 is 34.7 Å². The number of rotatable bonds is 3. The Morgan fingerprint density at radius 1 is 1.38 bits per heavy atom. The summed E-state index contributed by atoms with van der Waals surface area (Å²) < 4.78 is 0. The molecule has 1 aliphatic carbocycles. The molecule has 0 spiro atoms. The summed E-state index contributed by atoms with van der Waals surface area (Å²) in [5, 5.41) is 12.1. The molecule has 1 aromatic heterocycles. The Kier molecular flexibility index (Phi) is 4.33. The van der Waals surface area contributed by atoms with Gasteiger partial charge in [0.1, 0.15) is 5.01 Å². The minimum atomic E-state index is -0.351. The third-order valence-electron chi connectivity index (χ3n) is 3.64. The molecule has 2 aromatic rings. The van der Waals surface area contributed by atoms with Crippen LogP contribution in [0.2, 0.25) is 5.02 Å². The second-order valence-electron chi connectivity index (χ2n) is 6.22. The number of fused-ring (bicyclic) bond motifs is 1. The van der Waals surface area contributed by atoms with Gasteiger partial charge in [-0.3, -0.25) is 0 Å². The maximum Gasteiger partial charge on any atom is 0.103 e. The van der Waals surface area contributed by atoms with E-state index in [1.165, 1.54) is 4.90 Å². The van der Waals surface area contributed by atoms with Crippen LogP contribution in [-0.4, -0.2) is 10.1 Å². The lowest BCUT2D eigenvalue weighted by Crippen LogP contribution is -2.24. The maximum absolute atomic E-state index is 10.3. The number of thioether (sulfide) groups is 1. The topological polar surface area (TPSA) is 33.1 Å². The van der Waals surface area contributed by atoms with Crippen LogP contribution in [-0.2, 0) is 12.2 Å². The fourth-order valence-electron chi connectivity index (χ4n) is 2.68. The summed E-state index contributed by atoms with van der Waals surface area (Å²) in [6.45, 7) is 4.39. The SMILES string of the molecule is CC1(C)Cc2nc(CSc3ccc(Cl)cc3)sc2C(O)C1. The van der Waals surface area contributed by atoms with Crippen LogP contribution in [0.3, 0.4) is 0 Å². The lowest BCUT2D eigenvalue weighted by atomic mass is 9.77. The molecule has 0 aliphatic heterocycles. The van der Waals surface area contributed by atoms with Gasteiger partial charge >= 0.3 is 0 Å². The molecule has 0 saturated carbocycles. The smallest absolute Gasteiger partial charge is 0.103 e. The molecule has 1 unspecified atom stereocenters. The van der Waals surface area contributed by atoms with Crippen molar-refractivity contribution in [3.8, 4) is 0 Å². The normalized spacial score (nSPS) is 20.3. The largest absolute Gasteiger partial charge is 0.387 e. The summed E-state index contributed by atoms with van der Waals surface area (Å²) in [4.78, 5) is 7.00. The van der Waals surface area contributed by atoms with Gasteiger partial charge in [-0.2, -0.15) is 0 Å². The molecule has 21 heavy (non-hydrogen) atoms. The van der Waals surface area contributed by atoms with Gasteiger partial charge in [0.25, 0.3) is 0 Å². The van der Waals surface area contributed by atoms with Gasteiger partial charge in [0, 0.05) is 9.92 Å². The minimum Gasteiger partial charge on any atom is -0.387 e. The highest BCUT2D eigenvalue weighted by Crippen LogP contribution is 2.43. The molecule has 1 heterocycles. The number of halogens is 1. The van der Waals surface area contributed by atoms with Gasteiger partial charge in [-0.25, -0.2) is 4.98 Å². The Bertz CT molecular complexity index is 636. The second kappa shape index (κ2) is 5.92. The number of hydrogen-bond donors (Lipinski definition) is 1. The Morgan fingerprint density at radius 2 is 2.10 bits per heavy atom. The van der Waals surface area contributed by atoms with Crippen molar-refractivity contribution in [2.24, 2.45) is 5.41 Å². The van der Waals surface area contributed by atoms with Crippen LogP contribution in [0.15, 0.2) is 29.2 Å². The average Bonchev–Trinajstić information content (AvgIpc) is 2.80. The third-order valence-corrected chi connectivity index (χ3v) is 6.30. The van der Waals surface area contributed by atoms with E-state index in [-0.39, 0.29) is 11.5 Å². The first-order valence-electron chi connectivity index (χ1n) is 6.98. The van der Waals surface area contributed by atoms with E-state index >= 15 is 0 Å². The third kappa shape index (κ3) is 3.62. The van der Waals surface area contributed by atoms with Gasteiger partial charge < -0.3 is 5.11 Å². The van der Waals surface area contributed by atoms with E-state index in [0.717, 1.165) is 39.2 Å². The lowest BCUT2D eigenvalue weighted by Gasteiger charge is -2.31. The van der Waals surface area contributed by atoms with Gasteiger partial charge in [0.2, 0.25) is 0 Å². The van der Waals surface area contributed by atoms with Crippen LogP contribution in [0.5, 0.6) is 0 Å². The van der Waals surface area contributed by atoms with Crippen LogP contribution < -0.4 is 0 Å². The van der Waals surface area contributed by atoms with E-state index in [0.29, 0.717) is 0 Å². The molecule has 0 radical (unpaired) electrons. The molecule has 2 nitrogen and oxygen atoms in total. The van der Waals surface area contributed by atoms with Crippen molar-refractivity contribution in [2.75, 3.05) is 0 Å². The molecule has 1 aliphatic rings. The van der Waals surface area contributed by atoms with E-state index in [1.54, 1.807) is 23.1 Å². The number of thiazole rings is 1.